The maximum Gasteiger partial charge on any atom is 0.286 e. The van der Waals surface area contributed by atoms with Crippen LogP contribution in [0, 0.1) is 0 Å². The Bertz CT molecular complexity index is 854. The van der Waals surface area contributed by atoms with Gasteiger partial charge in [-0.05, 0) is 36.4 Å². The van der Waals surface area contributed by atoms with Gasteiger partial charge in [-0.15, -0.1) is 11.3 Å². The lowest BCUT2D eigenvalue weighted by molar-refractivity contribution is -0.114. The number of furan rings is 1. The number of hydrogen-bond donors (Lipinski definition) is 2. The molecule has 3 rings (SSSR count). The molecule has 2 N–H and O–H groups in total. The van der Waals surface area contributed by atoms with Crippen LogP contribution in [-0.4, -0.2) is 23.3 Å². The van der Waals surface area contributed by atoms with Gasteiger partial charge >= 0.3 is 0 Å². The van der Waals surface area contributed by atoms with Crippen molar-refractivity contribution in [2.75, 3.05) is 11.9 Å². The average Bonchev–Trinajstić information content (AvgIpc) is 3.27. The Hall–Kier alpha value is -2.93. The third-order valence-corrected chi connectivity index (χ3v) is 4.36. The fraction of sp³-hybridized carbons (Fsp3) is 0.167. The Morgan fingerprint density at radius 1 is 1.20 bits per heavy atom. The first-order chi connectivity index (χ1) is 12.1. The van der Waals surface area contributed by atoms with E-state index in [-0.39, 0.29) is 11.8 Å². The second-order valence-electron chi connectivity index (χ2n) is 5.39. The molecule has 0 fully saturated rings. The molecule has 3 aromatic rings. The highest BCUT2D eigenvalue weighted by Gasteiger charge is 2.09. The van der Waals surface area contributed by atoms with Gasteiger partial charge in [0.25, 0.3) is 5.91 Å². The zero-order chi connectivity index (χ0) is 17.6. The number of nitrogens with one attached hydrogen (secondary N) is 2. The summed E-state index contributed by atoms with van der Waals surface area (Å²) in [4.78, 5) is 27.4. The number of hydrogen-bond acceptors (Lipinski definition) is 5. The van der Waals surface area contributed by atoms with E-state index in [0.29, 0.717) is 18.7 Å². The van der Waals surface area contributed by atoms with Crippen LogP contribution in [0.1, 0.15) is 23.2 Å². The highest BCUT2D eigenvalue weighted by molar-refractivity contribution is 7.13. The normalized spacial score (nSPS) is 10.4. The van der Waals surface area contributed by atoms with Gasteiger partial charge < -0.3 is 15.1 Å². The van der Waals surface area contributed by atoms with E-state index in [4.69, 9.17) is 4.42 Å². The maximum atomic E-state index is 11.8. The summed E-state index contributed by atoms with van der Waals surface area (Å²) in [5.41, 5.74) is 2.67. The summed E-state index contributed by atoms with van der Waals surface area (Å²) < 4.78 is 5.04. The number of carbonyl (C=O) groups is 2. The molecule has 2 heterocycles. The van der Waals surface area contributed by atoms with Gasteiger partial charge in [-0.2, -0.15) is 0 Å². The van der Waals surface area contributed by atoms with Crippen LogP contribution in [0.5, 0.6) is 0 Å². The van der Waals surface area contributed by atoms with Crippen LogP contribution >= 0.6 is 11.3 Å². The molecule has 0 atom stereocenters. The van der Waals surface area contributed by atoms with E-state index < -0.39 is 0 Å². The molecular formula is C18H17N3O3S. The Morgan fingerprint density at radius 2 is 2.00 bits per heavy atom. The van der Waals surface area contributed by atoms with Gasteiger partial charge in [0.15, 0.2) is 5.76 Å². The number of benzene rings is 1. The van der Waals surface area contributed by atoms with Gasteiger partial charge in [-0.25, -0.2) is 4.98 Å². The third-order valence-electron chi connectivity index (χ3n) is 3.42. The summed E-state index contributed by atoms with van der Waals surface area (Å²) in [5, 5.41) is 8.42. The Labute approximate surface area is 148 Å². The minimum atomic E-state index is -0.228. The summed E-state index contributed by atoms with van der Waals surface area (Å²) in [5.74, 6) is -0.0203. The molecule has 25 heavy (non-hydrogen) atoms. The fourth-order valence-corrected chi connectivity index (χ4v) is 3.11. The molecule has 0 unspecified atom stereocenters. The molecule has 2 aromatic heterocycles. The van der Waals surface area contributed by atoms with Crippen molar-refractivity contribution in [1.82, 2.24) is 10.3 Å². The van der Waals surface area contributed by atoms with Crippen molar-refractivity contribution in [2.45, 2.75) is 13.3 Å². The molecule has 0 radical (unpaired) electrons. The molecule has 0 saturated heterocycles. The van der Waals surface area contributed by atoms with Gasteiger partial charge in [0, 0.05) is 36.5 Å². The highest BCUT2D eigenvalue weighted by atomic mass is 32.1. The van der Waals surface area contributed by atoms with Crippen molar-refractivity contribution in [3.8, 4) is 10.6 Å². The van der Waals surface area contributed by atoms with Crippen LogP contribution in [0.2, 0.25) is 0 Å². The maximum absolute atomic E-state index is 11.8. The van der Waals surface area contributed by atoms with Crippen LogP contribution in [0.25, 0.3) is 10.6 Å². The van der Waals surface area contributed by atoms with Crippen molar-refractivity contribution in [3.05, 3.63) is 59.5 Å². The van der Waals surface area contributed by atoms with Crippen molar-refractivity contribution in [2.24, 2.45) is 0 Å². The number of carbonyl (C=O) groups excluding carboxylic acids is 2. The van der Waals surface area contributed by atoms with Gasteiger partial charge in [0.05, 0.1) is 12.0 Å². The molecular weight excluding hydrogens is 338 g/mol. The van der Waals surface area contributed by atoms with Crippen LogP contribution in [-0.2, 0) is 11.2 Å². The molecule has 128 valence electrons. The molecule has 7 heteroatoms. The van der Waals surface area contributed by atoms with E-state index in [1.54, 1.807) is 23.5 Å². The summed E-state index contributed by atoms with van der Waals surface area (Å²) in [7, 11) is 0. The molecule has 0 spiro atoms. The number of nitrogens with zero attached hydrogens (tertiary/aromatic N) is 1. The molecule has 0 aliphatic carbocycles. The topological polar surface area (TPSA) is 84.2 Å². The average molecular weight is 355 g/mol. The first-order valence-electron chi connectivity index (χ1n) is 7.76. The highest BCUT2D eigenvalue weighted by Crippen LogP contribution is 2.25. The molecule has 0 saturated carbocycles. The lowest BCUT2D eigenvalue weighted by atomic mass is 10.2. The first kappa shape index (κ1) is 16.9. The van der Waals surface area contributed by atoms with E-state index in [2.05, 4.69) is 15.6 Å². The summed E-state index contributed by atoms with van der Waals surface area (Å²) in [6, 6.07) is 10.8. The van der Waals surface area contributed by atoms with Crippen molar-refractivity contribution < 1.29 is 14.0 Å². The summed E-state index contributed by atoms with van der Waals surface area (Å²) in [6.07, 6.45) is 2.12. The number of amides is 2. The quantitative estimate of drug-likeness (QED) is 0.710. The standard InChI is InChI=1S/C18H17N3O3S/c1-12(22)20-14-6-4-13(5-7-14)18-21-15(11-25-18)8-9-19-17(23)16-3-2-10-24-16/h2-7,10-11H,8-9H2,1H3,(H,19,23)(H,20,22). The second kappa shape index (κ2) is 7.76. The molecule has 1 aromatic carbocycles. The van der Waals surface area contributed by atoms with Gasteiger partial charge in [0.2, 0.25) is 5.91 Å². The summed E-state index contributed by atoms with van der Waals surface area (Å²) >= 11 is 1.55. The van der Waals surface area contributed by atoms with Crippen molar-refractivity contribution >= 4 is 28.8 Å². The monoisotopic (exact) mass is 355 g/mol. The van der Waals surface area contributed by atoms with Gasteiger partial charge in [0.1, 0.15) is 5.01 Å². The van der Waals surface area contributed by atoms with E-state index in [1.165, 1.54) is 13.2 Å². The zero-order valence-electron chi connectivity index (χ0n) is 13.6. The molecule has 0 aliphatic rings. The van der Waals surface area contributed by atoms with Crippen LogP contribution < -0.4 is 10.6 Å². The van der Waals surface area contributed by atoms with E-state index in [1.807, 2.05) is 29.6 Å². The summed E-state index contributed by atoms with van der Waals surface area (Å²) in [6.45, 7) is 1.97. The predicted octanol–water partition coefficient (Wildman–Crippen LogP) is 3.33. The van der Waals surface area contributed by atoms with E-state index in [0.717, 1.165) is 22.0 Å². The van der Waals surface area contributed by atoms with Crippen LogP contribution in [0.3, 0.4) is 0 Å². The van der Waals surface area contributed by atoms with E-state index in [9.17, 15) is 9.59 Å². The number of rotatable bonds is 6. The Balaban J connectivity index is 1.55. The van der Waals surface area contributed by atoms with Gasteiger partial charge in [-0.1, -0.05) is 0 Å². The molecule has 6 nitrogen and oxygen atoms in total. The largest absolute Gasteiger partial charge is 0.459 e. The predicted molar refractivity (Wildman–Crippen MR) is 96.6 cm³/mol. The lowest BCUT2D eigenvalue weighted by Gasteiger charge is -2.03. The minimum absolute atomic E-state index is 0.0964. The van der Waals surface area contributed by atoms with Crippen LogP contribution in [0.15, 0.2) is 52.5 Å². The van der Waals surface area contributed by atoms with Crippen molar-refractivity contribution in [3.63, 3.8) is 0 Å². The third kappa shape index (κ3) is 4.54. The second-order valence-corrected chi connectivity index (χ2v) is 6.24. The SMILES string of the molecule is CC(=O)Nc1ccc(-c2nc(CCNC(=O)c3ccco3)cs2)cc1. The van der Waals surface area contributed by atoms with E-state index >= 15 is 0 Å². The van der Waals surface area contributed by atoms with Crippen molar-refractivity contribution in [1.29, 1.82) is 0 Å². The Kier molecular flexibility index (Phi) is 5.25. The first-order valence-corrected chi connectivity index (χ1v) is 8.64. The zero-order valence-corrected chi connectivity index (χ0v) is 14.4. The molecule has 2 amide bonds. The number of thiazole rings is 1. The molecule has 0 aliphatic heterocycles. The van der Waals surface area contributed by atoms with Gasteiger partial charge in [-0.3, -0.25) is 9.59 Å². The van der Waals surface area contributed by atoms with Crippen LogP contribution in [0.4, 0.5) is 5.69 Å². The fourth-order valence-electron chi connectivity index (χ4n) is 2.25. The smallest absolute Gasteiger partial charge is 0.286 e. The number of anilines is 1. The Morgan fingerprint density at radius 3 is 2.68 bits per heavy atom. The lowest BCUT2D eigenvalue weighted by Crippen LogP contribution is -2.25. The molecule has 0 bridgehead atoms. The minimum Gasteiger partial charge on any atom is -0.459 e. The number of aromatic nitrogens is 1.